The second kappa shape index (κ2) is 7.53. The van der Waals surface area contributed by atoms with Crippen molar-refractivity contribution in [1.29, 1.82) is 0 Å². The molecule has 2 rings (SSSR count). The Kier molecular flexibility index (Phi) is 5.66. The second-order valence-corrected chi connectivity index (χ2v) is 7.33. The predicted octanol–water partition coefficient (Wildman–Crippen LogP) is 2.35. The fraction of sp³-hybridized carbons (Fsp3) is 0.353. The average Bonchev–Trinajstić information content (AvgIpc) is 2.91. The normalized spacial score (nSPS) is 11.3. The fourth-order valence-corrected chi connectivity index (χ4v) is 2.75. The van der Waals surface area contributed by atoms with Crippen molar-refractivity contribution in [2.45, 2.75) is 31.3 Å². The van der Waals surface area contributed by atoms with Gasteiger partial charge in [0.1, 0.15) is 0 Å². The maximum Gasteiger partial charge on any atom is 0.230 e. The highest BCUT2D eigenvalue weighted by atomic mass is 32.2. The number of carbonyl (C=O) groups is 1. The summed E-state index contributed by atoms with van der Waals surface area (Å²) in [6, 6.07) is 8.11. The minimum atomic E-state index is -0.0982. The van der Waals surface area contributed by atoms with Crippen LogP contribution in [0.1, 0.15) is 26.3 Å². The molecule has 0 aliphatic heterocycles. The molecule has 2 aromatic rings. The van der Waals surface area contributed by atoms with E-state index in [1.165, 1.54) is 22.0 Å². The van der Waals surface area contributed by atoms with Crippen molar-refractivity contribution in [3.63, 3.8) is 0 Å². The SMILES string of the molecule is C=CCNC(=O)CSc1nnc(-c2ccc(C(C)(C)C)cc2)n1N. The van der Waals surface area contributed by atoms with Crippen molar-refractivity contribution in [3.8, 4) is 11.4 Å². The van der Waals surface area contributed by atoms with E-state index in [-0.39, 0.29) is 17.1 Å². The van der Waals surface area contributed by atoms with Gasteiger partial charge < -0.3 is 11.2 Å². The number of nitrogens with two attached hydrogens (primary N) is 1. The molecule has 7 heteroatoms. The number of nitrogens with one attached hydrogen (secondary N) is 1. The number of nitrogen functional groups attached to an aromatic ring is 1. The van der Waals surface area contributed by atoms with E-state index in [0.717, 1.165) is 5.56 Å². The molecule has 0 spiro atoms. The Morgan fingerprint density at radius 2 is 2.00 bits per heavy atom. The van der Waals surface area contributed by atoms with Crippen LogP contribution in [0.25, 0.3) is 11.4 Å². The minimum absolute atomic E-state index is 0.0920. The molecule has 24 heavy (non-hydrogen) atoms. The van der Waals surface area contributed by atoms with Crippen LogP contribution < -0.4 is 11.2 Å². The van der Waals surface area contributed by atoms with Crippen LogP contribution in [-0.2, 0) is 10.2 Å². The van der Waals surface area contributed by atoms with E-state index in [2.05, 4.69) is 55.0 Å². The van der Waals surface area contributed by atoms with Gasteiger partial charge in [-0.2, -0.15) is 0 Å². The third-order valence-corrected chi connectivity index (χ3v) is 4.39. The Bertz CT molecular complexity index is 716. The zero-order valence-electron chi connectivity index (χ0n) is 14.2. The summed E-state index contributed by atoms with van der Waals surface area (Å²) in [6.07, 6.45) is 1.63. The lowest BCUT2D eigenvalue weighted by molar-refractivity contribution is -0.118. The molecule has 0 aliphatic rings. The molecular weight excluding hydrogens is 322 g/mol. The smallest absolute Gasteiger partial charge is 0.230 e. The summed E-state index contributed by atoms with van der Waals surface area (Å²) in [4.78, 5) is 11.6. The molecule has 0 atom stereocenters. The first-order chi connectivity index (χ1) is 11.3. The van der Waals surface area contributed by atoms with Gasteiger partial charge in [-0.25, -0.2) is 4.68 Å². The van der Waals surface area contributed by atoms with Crippen molar-refractivity contribution >= 4 is 17.7 Å². The quantitative estimate of drug-likeness (QED) is 0.477. The maximum absolute atomic E-state index is 11.6. The van der Waals surface area contributed by atoms with Crippen LogP contribution in [0.3, 0.4) is 0 Å². The standard InChI is InChI=1S/C17H23N5OS/c1-5-10-19-14(23)11-24-16-21-20-15(22(16)18)12-6-8-13(9-7-12)17(2,3)4/h5-9H,1,10-11,18H2,2-4H3,(H,19,23). The maximum atomic E-state index is 11.6. The molecule has 0 unspecified atom stereocenters. The number of hydrogen-bond acceptors (Lipinski definition) is 5. The van der Waals surface area contributed by atoms with Gasteiger partial charge in [0.2, 0.25) is 11.1 Å². The number of hydrogen-bond donors (Lipinski definition) is 2. The van der Waals surface area contributed by atoms with Crippen molar-refractivity contribution in [2.24, 2.45) is 0 Å². The summed E-state index contributed by atoms with van der Waals surface area (Å²) in [5.74, 6) is 6.77. The monoisotopic (exact) mass is 345 g/mol. The molecule has 6 nitrogen and oxygen atoms in total. The minimum Gasteiger partial charge on any atom is -0.352 e. The first-order valence-corrected chi connectivity index (χ1v) is 8.63. The highest BCUT2D eigenvalue weighted by molar-refractivity contribution is 7.99. The third-order valence-electron chi connectivity index (χ3n) is 3.45. The molecule has 1 amide bonds. The van der Waals surface area contributed by atoms with E-state index < -0.39 is 0 Å². The molecule has 0 aliphatic carbocycles. The van der Waals surface area contributed by atoms with E-state index in [4.69, 9.17) is 5.84 Å². The van der Waals surface area contributed by atoms with Gasteiger partial charge in [0.05, 0.1) is 5.75 Å². The molecule has 0 bridgehead atoms. The summed E-state index contributed by atoms with van der Waals surface area (Å²) in [5, 5.41) is 11.4. The molecule has 0 fully saturated rings. The number of thioether (sulfide) groups is 1. The Morgan fingerprint density at radius 3 is 2.58 bits per heavy atom. The highest BCUT2D eigenvalue weighted by Crippen LogP contribution is 2.26. The Hall–Kier alpha value is -2.28. The van der Waals surface area contributed by atoms with Crippen LogP contribution in [0.4, 0.5) is 0 Å². The van der Waals surface area contributed by atoms with Crippen molar-refractivity contribution < 1.29 is 4.79 Å². The van der Waals surface area contributed by atoms with Gasteiger partial charge in [-0.1, -0.05) is 62.9 Å². The Morgan fingerprint density at radius 1 is 1.33 bits per heavy atom. The first kappa shape index (κ1) is 18.1. The van der Waals surface area contributed by atoms with Gasteiger partial charge in [-0.3, -0.25) is 4.79 Å². The van der Waals surface area contributed by atoms with E-state index in [0.29, 0.717) is 17.5 Å². The molecule has 3 N–H and O–H groups in total. The van der Waals surface area contributed by atoms with Crippen molar-refractivity contribution in [2.75, 3.05) is 18.1 Å². The van der Waals surface area contributed by atoms with Crippen LogP contribution in [0.5, 0.6) is 0 Å². The molecule has 0 saturated heterocycles. The largest absolute Gasteiger partial charge is 0.352 e. The van der Waals surface area contributed by atoms with Crippen LogP contribution in [0.15, 0.2) is 42.1 Å². The lowest BCUT2D eigenvalue weighted by Crippen LogP contribution is -2.25. The van der Waals surface area contributed by atoms with E-state index >= 15 is 0 Å². The van der Waals surface area contributed by atoms with Gasteiger partial charge in [0.15, 0.2) is 5.82 Å². The predicted molar refractivity (Wildman–Crippen MR) is 98.2 cm³/mol. The van der Waals surface area contributed by atoms with E-state index in [1.807, 2.05) is 12.1 Å². The number of rotatable bonds is 6. The highest BCUT2D eigenvalue weighted by Gasteiger charge is 2.16. The first-order valence-electron chi connectivity index (χ1n) is 7.64. The topological polar surface area (TPSA) is 85.8 Å². The van der Waals surface area contributed by atoms with Gasteiger partial charge in [0, 0.05) is 12.1 Å². The van der Waals surface area contributed by atoms with Crippen LogP contribution in [-0.4, -0.2) is 33.1 Å². The summed E-state index contributed by atoms with van der Waals surface area (Å²) in [6.45, 7) is 10.5. The average molecular weight is 345 g/mol. The summed E-state index contributed by atoms with van der Waals surface area (Å²) in [5.41, 5.74) is 2.22. The summed E-state index contributed by atoms with van der Waals surface area (Å²) in [7, 11) is 0. The number of carbonyl (C=O) groups excluding carboxylic acids is 1. The van der Waals surface area contributed by atoms with Gasteiger partial charge in [0.25, 0.3) is 0 Å². The zero-order chi connectivity index (χ0) is 17.7. The van der Waals surface area contributed by atoms with Crippen molar-refractivity contribution in [1.82, 2.24) is 20.2 Å². The van der Waals surface area contributed by atoms with Crippen LogP contribution >= 0.6 is 11.8 Å². The molecule has 1 heterocycles. The Labute approximate surface area is 146 Å². The van der Waals surface area contributed by atoms with Crippen molar-refractivity contribution in [3.05, 3.63) is 42.5 Å². The van der Waals surface area contributed by atoms with Gasteiger partial charge in [-0.05, 0) is 11.0 Å². The third kappa shape index (κ3) is 4.38. The molecule has 0 saturated carbocycles. The molecular formula is C17H23N5OS. The summed E-state index contributed by atoms with van der Waals surface area (Å²) >= 11 is 1.25. The number of aromatic nitrogens is 3. The molecule has 0 radical (unpaired) electrons. The van der Waals surface area contributed by atoms with Gasteiger partial charge >= 0.3 is 0 Å². The fourth-order valence-electron chi connectivity index (χ4n) is 2.06. The second-order valence-electron chi connectivity index (χ2n) is 6.38. The van der Waals surface area contributed by atoms with E-state index in [9.17, 15) is 4.79 Å². The Balaban J connectivity index is 2.09. The number of benzene rings is 1. The molecule has 128 valence electrons. The lowest BCUT2D eigenvalue weighted by Gasteiger charge is -2.19. The lowest BCUT2D eigenvalue weighted by atomic mass is 9.87. The van der Waals surface area contributed by atoms with Crippen LogP contribution in [0.2, 0.25) is 0 Å². The number of nitrogens with zero attached hydrogens (tertiary/aromatic N) is 3. The molecule has 1 aromatic carbocycles. The number of amides is 1. The zero-order valence-corrected chi connectivity index (χ0v) is 15.1. The van der Waals surface area contributed by atoms with Gasteiger partial charge in [-0.15, -0.1) is 16.8 Å². The summed E-state index contributed by atoms with van der Waals surface area (Å²) < 4.78 is 1.41. The molecule has 1 aromatic heterocycles. The van der Waals surface area contributed by atoms with Crippen LogP contribution in [0, 0.1) is 0 Å². The van der Waals surface area contributed by atoms with E-state index in [1.54, 1.807) is 6.08 Å².